The van der Waals surface area contributed by atoms with Crippen LogP contribution in [0.3, 0.4) is 0 Å². The highest BCUT2D eigenvalue weighted by Gasteiger charge is 2.31. The van der Waals surface area contributed by atoms with E-state index in [4.69, 9.17) is 5.11 Å². The van der Waals surface area contributed by atoms with Gasteiger partial charge >= 0.3 is 11.9 Å². The molecule has 0 unspecified atom stereocenters. The van der Waals surface area contributed by atoms with Crippen LogP contribution < -0.4 is 0 Å². The van der Waals surface area contributed by atoms with Crippen molar-refractivity contribution in [2.45, 2.75) is 12.8 Å². The van der Waals surface area contributed by atoms with Crippen molar-refractivity contribution in [1.29, 1.82) is 0 Å². The van der Waals surface area contributed by atoms with Gasteiger partial charge in [0.25, 0.3) is 0 Å². The van der Waals surface area contributed by atoms with Crippen LogP contribution in [0.5, 0.6) is 0 Å². The summed E-state index contributed by atoms with van der Waals surface area (Å²) < 4.78 is 4.40. The van der Waals surface area contributed by atoms with E-state index in [2.05, 4.69) is 20.7 Å². The number of ether oxygens (including phenoxy) is 1. The van der Waals surface area contributed by atoms with Crippen LogP contribution in [-0.4, -0.2) is 17.0 Å². The topological polar surface area (TPSA) is 63.6 Å². The maximum absolute atomic E-state index is 10.9. The lowest BCUT2D eigenvalue weighted by molar-refractivity contribution is -0.139. The van der Waals surface area contributed by atoms with Crippen LogP contribution >= 0.6 is 15.9 Å². The molecule has 0 spiro atoms. The van der Waals surface area contributed by atoms with Crippen LogP contribution in [-0.2, 0) is 14.3 Å². The van der Waals surface area contributed by atoms with Crippen LogP contribution in [0.4, 0.5) is 0 Å². The second-order valence-electron chi connectivity index (χ2n) is 2.48. The number of carboxylic acid groups (broad SMARTS) is 1. The van der Waals surface area contributed by atoms with Gasteiger partial charge in [0.15, 0.2) is 0 Å². The van der Waals surface area contributed by atoms with E-state index >= 15 is 0 Å². The summed E-state index contributed by atoms with van der Waals surface area (Å²) in [6.07, 6.45) is 2.59. The van der Waals surface area contributed by atoms with Crippen LogP contribution in [0.2, 0.25) is 0 Å². The molecule has 1 rings (SSSR count). The van der Waals surface area contributed by atoms with Gasteiger partial charge in [-0.2, -0.15) is 0 Å². The molecule has 0 aromatic carbocycles. The third-order valence-corrected chi connectivity index (χ3v) is 1.92. The Kier molecular flexibility index (Phi) is 2.86. The molecule has 0 atom stereocenters. The Morgan fingerprint density at radius 2 is 2.08 bits per heavy atom. The van der Waals surface area contributed by atoms with Gasteiger partial charge in [0.1, 0.15) is 10.7 Å². The minimum Gasteiger partial charge on any atom is -0.477 e. The molecule has 1 fully saturated rings. The van der Waals surface area contributed by atoms with E-state index in [1.807, 2.05) is 0 Å². The summed E-state index contributed by atoms with van der Waals surface area (Å²) >= 11 is 2.72. The second kappa shape index (κ2) is 3.71. The zero-order valence-electron chi connectivity index (χ0n) is 6.12. The molecular weight excluding hydrogens is 228 g/mol. The van der Waals surface area contributed by atoms with Crippen molar-refractivity contribution in [3.8, 4) is 0 Å². The van der Waals surface area contributed by atoms with E-state index in [0.29, 0.717) is 0 Å². The van der Waals surface area contributed by atoms with Crippen LogP contribution in [0.1, 0.15) is 12.8 Å². The summed E-state index contributed by atoms with van der Waals surface area (Å²) in [7, 11) is 0. The van der Waals surface area contributed by atoms with Gasteiger partial charge in [-0.1, -0.05) is 0 Å². The molecule has 1 saturated carbocycles. The van der Waals surface area contributed by atoms with E-state index in [9.17, 15) is 9.59 Å². The average Bonchev–Trinajstić information content (AvgIpc) is 2.81. The number of halogens is 1. The fourth-order valence-corrected chi connectivity index (χ4v) is 0.669. The van der Waals surface area contributed by atoms with Crippen LogP contribution in [0, 0.1) is 5.92 Å². The first-order chi connectivity index (χ1) is 5.61. The molecule has 5 heteroatoms. The van der Waals surface area contributed by atoms with Gasteiger partial charge < -0.3 is 9.84 Å². The Balaban J connectivity index is 2.36. The summed E-state index contributed by atoms with van der Waals surface area (Å²) in [6, 6.07) is 0. The predicted octanol–water partition coefficient (Wildman–Crippen LogP) is 1.26. The number of carbonyl (C=O) groups excluding carboxylic acids is 1. The Labute approximate surface area is 77.3 Å². The summed E-state index contributed by atoms with van der Waals surface area (Å²) in [5.41, 5.74) is 0. The molecule has 1 aliphatic rings. The monoisotopic (exact) mass is 234 g/mol. The summed E-state index contributed by atoms with van der Waals surface area (Å²) in [6.45, 7) is 0. The zero-order chi connectivity index (χ0) is 9.14. The second-order valence-corrected chi connectivity index (χ2v) is 3.34. The van der Waals surface area contributed by atoms with Gasteiger partial charge in [0.05, 0.1) is 5.92 Å². The van der Waals surface area contributed by atoms with Crippen molar-refractivity contribution in [3.63, 3.8) is 0 Å². The van der Waals surface area contributed by atoms with Crippen molar-refractivity contribution >= 4 is 27.9 Å². The Morgan fingerprint density at radius 3 is 2.50 bits per heavy atom. The van der Waals surface area contributed by atoms with Crippen molar-refractivity contribution in [2.24, 2.45) is 5.92 Å². The number of aliphatic carboxylic acids is 1. The molecule has 1 aliphatic carbocycles. The number of rotatable bonds is 3. The van der Waals surface area contributed by atoms with Gasteiger partial charge in [-0.05, 0) is 28.8 Å². The van der Waals surface area contributed by atoms with Gasteiger partial charge in [-0.25, -0.2) is 4.79 Å². The predicted molar refractivity (Wildman–Crippen MR) is 43.5 cm³/mol. The maximum Gasteiger partial charge on any atom is 0.345 e. The molecule has 0 radical (unpaired) electrons. The molecule has 0 amide bonds. The van der Waals surface area contributed by atoms with E-state index in [1.54, 1.807) is 0 Å². The fourth-order valence-electron chi connectivity index (χ4n) is 0.575. The lowest BCUT2D eigenvalue weighted by atomic mass is 10.4. The van der Waals surface area contributed by atoms with Crippen LogP contribution in [0.25, 0.3) is 0 Å². The molecule has 1 N–H and O–H groups in total. The van der Waals surface area contributed by atoms with Gasteiger partial charge in [0, 0.05) is 0 Å². The number of carboxylic acids is 1. The summed E-state index contributed by atoms with van der Waals surface area (Å²) in [5.74, 6) is -1.53. The van der Waals surface area contributed by atoms with E-state index in [-0.39, 0.29) is 16.4 Å². The molecule has 0 bridgehead atoms. The van der Waals surface area contributed by atoms with Crippen molar-refractivity contribution < 1.29 is 19.4 Å². The molecule has 4 nitrogen and oxygen atoms in total. The molecule has 0 aromatic rings. The Hall–Kier alpha value is -0.840. The first kappa shape index (κ1) is 9.25. The zero-order valence-corrected chi connectivity index (χ0v) is 7.70. The van der Waals surface area contributed by atoms with Crippen molar-refractivity contribution in [2.75, 3.05) is 0 Å². The number of carbonyl (C=O) groups is 2. The Bertz CT molecular complexity index is 242. The van der Waals surface area contributed by atoms with Crippen LogP contribution in [0.15, 0.2) is 10.7 Å². The highest BCUT2D eigenvalue weighted by Crippen LogP contribution is 2.30. The molecule has 66 valence electrons. The highest BCUT2D eigenvalue weighted by atomic mass is 79.9. The molecule has 0 saturated heterocycles. The Morgan fingerprint density at radius 1 is 1.50 bits per heavy atom. The third-order valence-electron chi connectivity index (χ3n) is 1.39. The van der Waals surface area contributed by atoms with E-state index in [1.165, 1.54) is 0 Å². The van der Waals surface area contributed by atoms with Crippen molar-refractivity contribution in [1.82, 2.24) is 0 Å². The van der Waals surface area contributed by atoms with E-state index < -0.39 is 5.97 Å². The molecule has 0 aliphatic heterocycles. The lowest BCUT2D eigenvalue weighted by Gasteiger charge is -1.95. The van der Waals surface area contributed by atoms with Gasteiger partial charge in [-0.3, -0.25) is 4.79 Å². The van der Waals surface area contributed by atoms with Crippen molar-refractivity contribution in [3.05, 3.63) is 10.7 Å². The molecule has 12 heavy (non-hydrogen) atoms. The largest absolute Gasteiger partial charge is 0.477 e. The third kappa shape index (κ3) is 2.65. The first-order valence-corrected chi connectivity index (χ1v) is 4.20. The summed E-state index contributed by atoms with van der Waals surface area (Å²) in [4.78, 5) is 21.0. The van der Waals surface area contributed by atoms with Gasteiger partial charge in [-0.15, -0.1) is 0 Å². The molecule has 0 heterocycles. The first-order valence-electron chi connectivity index (χ1n) is 3.40. The lowest BCUT2D eigenvalue weighted by Crippen LogP contribution is -2.03. The average molecular weight is 235 g/mol. The smallest absolute Gasteiger partial charge is 0.345 e. The summed E-state index contributed by atoms with van der Waals surface area (Å²) in [5, 5.41) is 8.34. The maximum atomic E-state index is 10.9. The molecule has 0 aromatic heterocycles. The van der Waals surface area contributed by atoms with Gasteiger partial charge in [0.2, 0.25) is 0 Å². The number of esters is 1. The minimum absolute atomic E-state index is 0.0182. The van der Waals surface area contributed by atoms with E-state index in [0.717, 1.165) is 19.1 Å². The molecular formula is C7H7BrO4. The standard InChI is InChI=1S/C7H7BrO4/c8-5(6(9)10)3-12-7(11)4-1-2-4/h3-4H,1-2H2,(H,9,10). The quantitative estimate of drug-likeness (QED) is 0.454. The highest BCUT2D eigenvalue weighted by molar-refractivity contribution is 9.12. The fraction of sp³-hybridized carbons (Fsp3) is 0.429. The SMILES string of the molecule is O=C(O)C(Br)=COC(=O)C1CC1. The number of hydrogen-bond donors (Lipinski definition) is 1. The normalized spacial score (nSPS) is 17.2. The minimum atomic E-state index is -1.15. The number of hydrogen-bond acceptors (Lipinski definition) is 3.